The minimum absolute atomic E-state index is 0.0273. The summed E-state index contributed by atoms with van der Waals surface area (Å²) in [6.45, 7) is 5.44. The van der Waals surface area contributed by atoms with E-state index in [9.17, 15) is 19.1 Å². The maximum absolute atomic E-state index is 14.0. The van der Waals surface area contributed by atoms with Crippen molar-refractivity contribution in [3.05, 3.63) is 87.4 Å². The van der Waals surface area contributed by atoms with E-state index in [0.717, 1.165) is 5.69 Å². The highest BCUT2D eigenvalue weighted by molar-refractivity contribution is 6.30. The summed E-state index contributed by atoms with van der Waals surface area (Å²) in [6.07, 6.45) is 3.02. The van der Waals surface area contributed by atoms with Crippen LogP contribution < -0.4 is 10.6 Å². The number of rotatable bonds is 4. The Bertz CT molecular complexity index is 1320. The van der Waals surface area contributed by atoms with E-state index in [1.807, 2.05) is 29.7 Å². The summed E-state index contributed by atoms with van der Waals surface area (Å²) in [5, 5.41) is 12.2. The first-order chi connectivity index (χ1) is 17.7. The molecule has 0 bridgehead atoms. The third-order valence-electron chi connectivity index (χ3n) is 7.88. The van der Waals surface area contributed by atoms with E-state index < -0.39 is 17.2 Å². The van der Waals surface area contributed by atoms with Crippen molar-refractivity contribution >= 4 is 23.3 Å². The largest absolute Gasteiger partial charge is 0.384 e. The second-order valence-electron chi connectivity index (χ2n) is 10.2. The highest BCUT2D eigenvalue weighted by Gasteiger charge is 2.49. The number of carbonyl (C=O) groups is 1. The molecule has 10 heteroatoms. The van der Waals surface area contributed by atoms with E-state index in [2.05, 4.69) is 15.0 Å². The molecule has 2 aromatic heterocycles. The number of nitrogens with zero attached hydrogens (tertiary/aromatic N) is 4. The highest BCUT2D eigenvalue weighted by atomic mass is 35.5. The van der Waals surface area contributed by atoms with Crippen LogP contribution in [0.5, 0.6) is 0 Å². The number of anilines is 1. The van der Waals surface area contributed by atoms with Gasteiger partial charge in [-0.2, -0.15) is 0 Å². The van der Waals surface area contributed by atoms with Crippen LogP contribution in [0.15, 0.2) is 59.7 Å². The number of piperidine rings is 1. The van der Waals surface area contributed by atoms with Crippen molar-refractivity contribution in [2.24, 2.45) is 17.8 Å². The number of halogens is 2. The lowest BCUT2D eigenvalue weighted by molar-refractivity contribution is -0.152. The number of aliphatic hydroxyl groups is 1. The van der Waals surface area contributed by atoms with Crippen LogP contribution in [0.4, 0.5) is 10.2 Å². The number of H-pyrrole nitrogens is 1. The molecule has 2 saturated heterocycles. The number of benzene rings is 1. The minimum Gasteiger partial charge on any atom is -0.384 e. The molecule has 3 aromatic rings. The molecule has 4 heterocycles. The summed E-state index contributed by atoms with van der Waals surface area (Å²) < 4.78 is 13.5. The van der Waals surface area contributed by atoms with E-state index in [1.165, 1.54) is 18.3 Å². The van der Waals surface area contributed by atoms with Crippen LogP contribution >= 0.6 is 11.6 Å². The van der Waals surface area contributed by atoms with Crippen molar-refractivity contribution < 1.29 is 14.3 Å². The van der Waals surface area contributed by atoms with Gasteiger partial charge in [0, 0.05) is 62.0 Å². The molecule has 5 atom stereocenters. The summed E-state index contributed by atoms with van der Waals surface area (Å²) in [5.41, 5.74) is -0.229. The Labute approximate surface area is 219 Å². The second-order valence-corrected chi connectivity index (χ2v) is 10.6. The molecule has 0 radical (unpaired) electrons. The number of pyridine rings is 1. The first-order valence-electron chi connectivity index (χ1n) is 12.4. The van der Waals surface area contributed by atoms with Gasteiger partial charge in [-0.15, -0.1) is 0 Å². The molecule has 8 nitrogen and oxygen atoms in total. The van der Waals surface area contributed by atoms with Crippen LogP contribution in [0.25, 0.3) is 0 Å². The van der Waals surface area contributed by atoms with Crippen LogP contribution in [-0.4, -0.2) is 57.0 Å². The third kappa shape index (κ3) is 4.73. The first kappa shape index (κ1) is 25.4. The zero-order valence-corrected chi connectivity index (χ0v) is 21.4. The van der Waals surface area contributed by atoms with Gasteiger partial charge in [0.05, 0.1) is 16.5 Å². The number of nitrogens with one attached hydrogen (secondary N) is 1. The van der Waals surface area contributed by atoms with Crippen molar-refractivity contribution in [3.63, 3.8) is 0 Å². The van der Waals surface area contributed by atoms with Crippen molar-refractivity contribution in [1.29, 1.82) is 0 Å². The van der Waals surface area contributed by atoms with Gasteiger partial charge in [0.2, 0.25) is 5.91 Å². The van der Waals surface area contributed by atoms with E-state index in [-0.39, 0.29) is 29.5 Å². The fraction of sp³-hybridized carbons (Fsp3) is 0.407. The zero-order valence-electron chi connectivity index (χ0n) is 20.6. The molecule has 0 saturated carbocycles. The Morgan fingerprint density at radius 2 is 1.76 bits per heavy atom. The average Bonchev–Trinajstić information content (AvgIpc) is 3.33. The lowest BCUT2D eigenvalue weighted by Crippen LogP contribution is -2.57. The molecule has 2 fully saturated rings. The molecule has 5 rings (SSSR count). The normalized spacial score (nSPS) is 27.9. The van der Waals surface area contributed by atoms with E-state index in [4.69, 9.17) is 11.6 Å². The van der Waals surface area contributed by atoms with Gasteiger partial charge in [-0.25, -0.2) is 14.2 Å². The molecular weight excluding hydrogens is 497 g/mol. The van der Waals surface area contributed by atoms with Crippen molar-refractivity contribution in [2.75, 3.05) is 31.1 Å². The topological polar surface area (TPSA) is 102 Å². The number of likely N-dealkylation sites (tertiary alicyclic amines) is 1. The summed E-state index contributed by atoms with van der Waals surface area (Å²) in [5.74, 6) is -0.963. The van der Waals surface area contributed by atoms with E-state index in [0.29, 0.717) is 42.6 Å². The van der Waals surface area contributed by atoms with Crippen molar-refractivity contribution in [2.45, 2.75) is 25.4 Å². The van der Waals surface area contributed by atoms with Crippen LogP contribution in [0.3, 0.4) is 0 Å². The summed E-state index contributed by atoms with van der Waals surface area (Å²) in [7, 11) is 0. The maximum atomic E-state index is 14.0. The van der Waals surface area contributed by atoms with Gasteiger partial charge in [-0.05, 0) is 35.9 Å². The van der Waals surface area contributed by atoms with E-state index in [1.54, 1.807) is 30.5 Å². The Hall–Kier alpha value is -3.30. The Balaban J connectivity index is 1.41. The van der Waals surface area contributed by atoms with Gasteiger partial charge in [0.1, 0.15) is 11.6 Å². The lowest BCUT2D eigenvalue weighted by atomic mass is 9.70. The maximum Gasteiger partial charge on any atom is 0.346 e. The van der Waals surface area contributed by atoms with Gasteiger partial charge in [0.25, 0.3) is 0 Å². The van der Waals surface area contributed by atoms with Gasteiger partial charge in [0.15, 0.2) is 0 Å². The molecule has 0 spiro atoms. The van der Waals surface area contributed by atoms with Crippen molar-refractivity contribution in [3.8, 4) is 0 Å². The fourth-order valence-electron chi connectivity index (χ4n) is 5.90. The zero-order chi connectivity index (χ0) is 26.3. The molecule has 37 heavy (non-hydrogen) atoms. The average molecular weight is 526 g/mol. The molecule has 2 aliphatic heterocycles. The van der Waals surface area contributed by atoms with Gasteiger partial charge in [-0.1, -0.05) is 37.6 Å². The standard InChI is InChI=1S/C27H29ClFN5O3/c1-16-12-34(13-17(2)27(16,37)18-3-6-20(29)7-4-18)25(35)22-15-33(24-9-10-30-26(36)32-24)14-21(22)23-8-5-19(28)11-31-23/h3-11,16-17,21-22,37H,12-15H2,1-2H3,(H,30,32,36)/t16-,17+,21-,22+,27?/m1/s1. The fourth-order valence-corrected chi connectivity index (χ4v) is 6.01. The number of carbonyl (C=O) groups excluding carboxylic acids is 1. The van der Waals surface area contributed by atoms with Crippen LogP contribution in [0, 0.1) is 23.6 Å². The SMILES string of the molecule is C[C@@H]1CN(C(=O)[C@H]2CN(c3ccnc(=O)[nH]3)C[C@H]2c2ccc(Cl)cn2)C[C@H](C)C1(O)c1ccc(F)cc1. The summed E-state index contributed by atoms with van der Waals surface area (Å²) in [6, 6.07) is 11.2. The number of hydrogen-bond donors (Lipinski definition) is 2. The van der Waals surface area contributed by atoms with Crippen LogP contribution in [0.1, 0.15) is 31.0 Å². The van der Waals surface area contributed by atoms with Crippen LogP contribution in [0.2, 0.25) is 5.02 Å². The molecule has 2 N–H and O–H groups in total. The second kappa shape index (κ2) is 9.87. The van der Waals surface area contributed by atoms with Crippen molar-refractivity contribution in [1.82, 2.24) is 19.9 Å². The summed E-state index contributed by atoms with van der Waals surface area (Å²) in [4.78, 5) is 40.6. The monoisotopic (exact) mass is 525 g/mol. The molecule has 0 aliphatic carbocycles. The molecule has 1 unspecified atom stereocenters. The van der Waals surface area contributed by atoms with Gasteiger partial charge >= 0.3 is 5.69 Å². The lowest BCUT2D eigenvalue weighted by Gasteiger charge is -2.48. The summed E-state index contributed by atoms with van der Waals surface area (Å²) >= 11 is 6.06. The quantitative estimate of drug-likeness (QED) is 0.542. The molecule has 2 aliphatic rings. The highest BCUT2D eigenvalue weighted by Crippen LogP contribution is 2.43. The predicted octanol–water partition coefficient (Wildman–Crippen LogP) is 3.18. The van der Waals surface area contributed by atoms with Gasteiger partial charge in [-0.3, -0.25) is 14.8 Å². The Morgan fingerprint density at radius 3 is 2.38 bits per heavy atom. The number of aromatic nitrogens is 3. The molecule has 194 valence electrons. The minimum atomic E-state index is -1.18. The first-order valence-corrected chi connectivity index (χ1v) is 12.7. The molecule has 1 aromatic carbocycles. The molecule has 1 amide bonds. The Morgan fingerprint density at radius 1 is 1.05 bits per heavy atom. The Kier molecular flexibility index (Phi) is 6.76. The van der Waals surface area contributed by atoms with E-state index >= 15 is 0 Å². The molecular formula is C27H29ClFN5O3. The number of aromatic amines is 1. The number of amides is 1. The van der Waals surface area contributed by atoms with Gasteiger partial charge < -0.3 is 14.9 Å². The predicted molar refractivity (Wildman–Crippen MR) is 138 cm³/mol. The third-order valence-corrected chi connectivity index (χ3v) is 8.10. The van der Waals surface area contributed by atoms with Crippen LogP contribution in [-0.2, 0) is 10.4 Å². The smallest absolute Gasteiger partial charge is 0.346 e. The number of hydrogen-bond acceptors (Lipinski definition) is 6.